The zero-order chi connectivity index (χ0) is 16.0. The van der Waals surface area contributed by atoms with E-state index in [0.29, 0.717) is 0 Å². The summed E-state index contributed by atoms with van der Waals surface area (Å²) in [6.45, 7) is 7.58. The van der Waals surface area contributed by atoms with Gasteiger partial charge in [-0.2, -0.15) is 0 Å². The fraction of sp³-hybridized carbons (Fsp3) is 0.500. The molecular weight excluding hydrogens is 272 g/mol. The lowest BCUT2D eigenvalue weighted by Gasteiger charge is -2.13. The van der Waals surface area contributed by atoms with Gasteiger partial charge in [0.2, 0.25) is 0 Å². The number of unbranched alkanes of at least 4 members (excludes halogenated alkanes) is 1. The van der Waals surface area contributed by atoms with Crippen LogP contribution in [-0.4, -0.2) is 12.8 Å². The van der Waals surface area contributed by atoms with Crippen LogP contribution in [0.5, 0.6) is 0 Å². The molecule has 1 aromatic rings. The van der Waals surface area contributed by atoms with Gasteiger partial charge in [0.15, 0.2) is 0 Å². The van der Waals surface area contributed by atoms with E-state index in [1.807, 2.05) is 24.4 Å². The molecule has 4 nitrogen and oxygen atoms in total. The molecule has 0 aromatic heterocycles. The van der Waals surface area contributed by atoms with Crippen LogP contribution in [0, 0.1) is 12.8 Å². The van der Waals surface area contributed by atoms with Crippen molar-refractivity contribution in [3.05, 3.63) is 47.8 Å². The normalized spacial score (nSPS) is 15.5. The molecule has 22 heavy (non-hydrogen) atoms. The smallest absolute Gasteiger partial charge is 0.123 e. The molecule has 1 aromatic carbocycles. The molecule has 4 heteroatoms. The Balaban J connectivity index is 0.000000287. The maximum Gasteiger partial charge on any atom is 0.123 e. The van der Waals surface area contributed by atoms with Crippen LogP contribution in [0.3, 0.4) is 0 Å². The van der Waals surface area contributed by atoms with E-state index in [4.69, 9.17) is 0 Å². The van der Waals surface area contributed by atoms with Crippen LogP contribution in [0.25, 0.3) is 0 Å². The van der Waals surface area contributed by atoms with Crippen LogP contribution in [0.4, 0.5) is 0 Å². The van der Waals surface area contributed by atoms with Gasteiger partial charge >= 0.3 is 0 Å². The van der Waals surface area contributed by atoms with Gasteiger partial charge in [0.1, 0.15) is 5.70 Å². The number of hydrogen-bond donors (Lipinski definition) is 1. The van der Waals surface area contributed by atoms with Crippen LogP contribution in [0.15, 0.2) is 57.7 Å². The molecule has 0 radical (unpaired) electrons. The first-order valence-corrected chi connectivity index (χ1v) is 8.15. The highest BCUT2D eigenvalue weighted by Crippen LogP contribution is 2.11. The third kappa shape index (κ3) is 8.35. The Morgan fingerprint density at radius 2 is 1.95 bits per heavy atom. The Morgan fingerprint density at radius 3 is 2.45 bits per heavy atom. The molecule has 1 unspecified atom stereocenters. The Bertz CT molecular complexity index is 463. The van der Waals surface area contributed by atoms with E-state index in [0.717, 1.165) is 18.2 Å². The van der Waals surface area contributed by atoms with Crippen molar-refractivity contribution in [3.63, 3.8) is 0 Å². The van der Waals surface area contributed by atoms with Crippen molar-refractivity contribution < 1.29 is 0 Å². The monoisotopic (exact) mass is 300 g/mol. The summed E-state index contributed by atoms with van der Waals surface area (Å²) in [4.78, 5) is 0. The molecule has 1 N–H and O–H groups in total. The first-order valence-electron chi connectivity index (χ1n) is 8.15. The third-order valence-electron chi connectivity index (χ3n) is 3.54. The highest BCUT2D eigenvalue weighted by Gasteiger charge is 2.04. The number of nitrogens with one attached hydrogen (secondary N) is 1. The number of nitrogens with zero attached hydrogens (tertiary/aromatic N) is 3. The van der Waals surface area contributed by atoms with Crippen LogP contribution >= 0.6 is 0 Å². The van der Waals surface area contributed by atoms with E-state index >= 15 is 0 Å². The molecule has 2 rings (SSSR count). The first-order chi connectivity index (χ1) is 10.8. The van der Waals surface area contributed by atoms with Gasteiger partial charge in [-0.3, -0.25) is 0 Å². The molecule has 0 saturated heterocycles. The molecule has 0 bridgehead atoms. The molecule has 1 aliphatic rings. The first kappa shape index (κ1) is 18.1. The van der Waals surface area contributed by atoms with Gasteiger partial charge in [0.05, 0.1) is 6.21 Å². The van der Waals surface area contributed by atoms with Crippen molar-refractivity contribution in [1.82, 2.24) is 5.32 Å². The maximum absolute atomic E-state index is 3.82. The van der Waals surface area contributed by atoms with Crippen LogP contribution in [-0.2, 0) is 0 Å². The van der Waals surface area contributed by atoms with E-state index < -0.39 is 0 Å². The second-order valence-electron chi connectivity index (χ2n) is 5.48. The average Bonchev–Trinajstić information content (AvgIpc) is 3.05. The minimum absolute atomic E-state index is 0.761. The van der Waals surface area contributed by atoms with Gasteiger partial charge in [0.25, 0.3) is 0 Å². The van der Waals surface area contributed by atoms with E-state index in [1.54, 1.807) is 6.21 Å². The summed E-state index contributed by atoms with van der Waals surface area (Å²) in [6, 6.07) is 10.3. The standard InChI is InChI=1S/C11H20N4.C7H8/c1-3-5-6-10(4-2)7-12-8-11-9-13-15-14-11;1-7-5-3-2-4-6-7/h8-10,12H,3-7H2,1-2H3;2-6H,1H3. The van der Waals surface area contributed by atoms with E-state index in [1.165, 1.54) is 31.2 Å². The van der Waals surface area contributed by atoms with Crippen molar-refractivity contribution in [2.75, 3.05) is 6.54 Å². The molecule has 0 saturated carbocycles. The fourth-order valence-electron chi connectivity index (χ4n) is 2.06. The minimum atomic E-state index is 0.761. The Kier molecular flexibility index (Phi) is 9.59. The van der Waals surface area contributed by atoms with Gasteiger partial charge < -0.3 is 5.32 Å². The van der Waals surface area contributed by atoms with Gasteiger partial charge in [-0.1, -0.05) is 69.0 Å². The molecule has 0 amide bonds. The molecule has 0 spiro atoms. The highest BCUT2D eigenvalue weighted by molar-refractivity contribution is 5.78. The molecule has 1 heterocycles. The van der Waals surface area contributed by atoms with Gasteiger partial charge in [-0.25, -0.2) is 0 Å². The second-order valence-corrected chi connectivity index (χ2v) is 5.48. The molecule has 1 atom stereocenters. The topological polar surface area (TPSA) is 49.1 Å². The quantitative estimate of drug-likeness (QED) is 0.750. The molecular formula is C18H28N4. The van der Waals surface area contributed by atoms with Gasteiger partial charge in [0, 0.05) is 12.7 Å². The predicted molar refractivity (Wildman–Crippen MR) is 93.9 cm³/mol. The van der Waals surface area contributed by atoms with Crippen LogP contribution in [0.1, 0.15) is 45.1 Å². The lowest BCUT2D eigenvalue weighted by Crippen LogP contribution is -2.18. The number of aryl methyl sites for hydroxylation is 1. The van der Waals surface area contributed by atoms with Crippen LogP contribution < -0.4 is 5.32 Å². The molecule has 1 aliphatic heterocycles. The summed E-state index contributed by atoms with van der Waals surface area (Å²) in [6.07, 6.45) is 8.66. The van der Waals surface area contributed by atoms with Gasteiger partial charge in [-0.15, -0.1) is 10.2 Å². The van der Waals surface area contributed by atoms with E-state index in [9.17, 15) is 0 Å². The largest absolute Gasteiger partial charge is 0.389 e. The Morgan fingerprint density at radius 1 is 1.18 bits per heavy atom. The van der Waals surface area contributed by atoms with Crippen molar-refractivity contribution in [2.24, 2.45) is 21.4 Å². The third-order valence-corrected chi connectivity index (χ3v) is 3.54. The number of rotatable bonds is 7. The van der Waals surface area contributed by atoms with Crippen molar-refractivity contribution >= 4 is 6.21 Å². The van der Waals surface area contributed by atoms with E-state index in [2.05, 4.69) is 53.7 Å². The molecule has 120 valence electrons. The van der Waals surface area contributed by atoms with Crippen molar-refractivity contribution in [3.8, 4) is 0 Å². The average molecular weight is 300 g/mol. The molecule has 0 aliphatic carbocycles. The van der Waals surface area contributed by atoms with Crippen molar-refractivity contribution in [2.45, 2.75) is 46.5 Å². The Hall–Kier alpha value is -1.97. The second kappa shape index (κ2) is 11.7. The zero-order valence-corrected chi connectivity index (χ0v) is 14.0. The lowest BCUT2D eigenvalue weighted by atomic mass is 9.99. The SMILES string of the molecule is CCCCC(CC)CNC=C1C=NN=N1.Cc1ccccc1. The van der Waals surface area contributed by atoms with E-state index in [-0.39, 0.29) is 0 Å². The summed E-state index contributed by atoms with van der Waals surface area (Å²) < 4.78 is 0. The number of allylic oxidation sites excluding steroid dienone is 1. The van der Waals surface area contributed by atoms with Crippen molar-refractivity contribution in [1.29, 1.82) is 0 Å². The highest BCUT2D eigenvalue weighted by atomic mass is 15.4. The summed E-state index contributed by atoms with van der Waals surface area (Å²) in [7, 11) is 0. The summed E-state index contributed by atoms with van der Waals surface area (Å²) >= 11 is 0. The summed E-state index contributed by atoms with van der Waals surface area (Å²) in [5, 5.41) is 14.3. The Labute approximate surface area is 134 Å². The zero-order valence-electron chi connectivity index (χ0n) is 14.0. The summed E-state index contributed by atoms with van der Waals surface area (Å²) in [5.74, 6) is 0.761. The predicted octanol–water partition coefficient (Wildman–Crippen LogP) is 5.08. The maximum atomic E-state index is 3.82. The summed E-state index contributed by atoms with van der Waals surface area (Å²) in [5.41, 5.74) is 2.13. The fourth-order valence-corrected chi connectivity index (χ4v) is 2.06. The van der Waals surface area contributed by atoms with Gasteiger partial charge in [-0.05, 0) is 24.5 Å². The lowest BCUT2D eigenvalue weighted by molar-refractivity contribution is 0.440. The number of benzene rings is 1. The van der Waals surface area contributed by atoms with Crippen LogP contribution in [0.2, 0.25) is 0 Å². The number of hydrogen-bond acceptors (Lipinski definition) is 4. The molecule has 0 fully saturated rings. The minimum Gasteiger partial charge on any atom is -0.389 e.